The van der Waals surface area contributed by atoms with E-state index in [0.29, 0.717) is 18.5 Å². The Morgan fingerprint density at radius 3 is 2.10 bits per heavy atom. The van der Waals surface area contributed by atoms with Gasteiger partial charge in [0.2, 0.25) is 21.8 Å². The molecule has 7 nitrogen and oxygen atoms in total. The van der Waals surface area contributed by atoms with Crippen molar-refractivity contribution in [1.82, 2.24) is 10.2 Å². The number of sulfonamides is 1. The van der Waals surface area contributed by atoms with Crippen LogP contribution in [-0.2, 0) is 39.0 Å². The van der Waals surface area contributed by atoms with Gasteiger partial charge in [0.05, 0.1) is 11.9 Å². The van der Waals surface area contributed by atoms with Crippen molar-refractivity contribution in [3.8, 4) is 0 Å². The summed E-state index contributed by atoms with van der Waals surface area (Å²) in [5.74, 6) is -1.51. The zero-order valence-corrected chi connectivity index (χ0v) is 24.3. The van der Waals surface area contributed by atoms with Crippen molar-refractivity contribution in [1.29, 1.82) is 0 Å². The highest BCUT2D eigenvalue weighted by Gasteiger charge is 2.34. The monoisotopic (exact) mass is 567 g/mol. The highest BCUT2D eigenvalue weighted by molar-refractivity contribution is 7.92. The summed E-state index contributed by atoms with van der Waals surface area (Å²) < 4.78 is 41.8. The van der Waals surface area contributed by atoms with Crippen molar-refractivity contribution >= 4 is 27.5 Å². The van der Waals surface area contributed by atoms with Crippen molar-refractivity contribution in [3.05, 3.63) is 101 Å². The Labute approximate surface area is 237 Å². The fraction of sp³-hybridized carbons (Fsp3) is 0.355. The number of aryl methyl sites for hydroxylation is 1. The second-order valence-corrected chi connectivity index (χ2v) is 11.8. The third-order valence-corrected chi connectivity index (χ3v) is 8.02. The molecule has 0 saturated heterocycles. The fourth-order valence-electron chi connectivity index (χ4n) is 4.45. The van der Waals surface area contributed by atoms with Gasteiger partial charge in [-0.15, -0.1) is 0 Å². The van der Waals surface area contributed by atoms with Crippen LogP contribution in [-0.4, -0.2) is 50.0 Å². The van der Waals surface area contributed by atoms with E-state index in [-0.39, 0.29) is 30.5 Å². The van der Waals surface area contributed by atoms with Gasteiger partial charge in [-0.2, -0.15) is 0 Å². The Bertz CT molecular complexity index is 1400. The zero-order chi connectivity index (χ0) is 29.3. The molecule has 0 heterocycles. The van der Waals surface area contributed by atoms with Crippen molar-refractivity contribution in [3.63, 3.8) is 0 Å². The second-order valence-electron chi connectivity index (χ2n) is 9.89. The Hall–Kier alpha value is -3.72. The van der Waals surface area contributed by atoms with Crippen LogP contribution in [0.15, 0.2) is 78.9 Å². The largest absolute Gasteiger partial charge is 0.352 e. The van der Waals surface area contributed by atoms with Gasteiger partial charge in [0.15, 0.2) is 0 Å². The number of para-hydroxylation sites is 1. The van der Waals surface area contributed by atoms with Crippen LogP contribution in [0.25, 0.3) is 0 Å². The van der Waals surface area contributed by atoms with Gasteiger partial charge in [0, 0.05) is 24.6 Å². The standard InChI is InChI=1S/C31H38FN3O4S/c1-5-23(3)33-31(37)29(20-24-14-8-7-9-15-24)34(21-26-17-10-12-18-27(26)32)30(36)22-35(40(4,38)39)28-19-13-11-16-25(28)6-2/h7-19,23,29H,5-6,20-22H2,1-4H3,(H,33,37). The van der Waals surface area contributed by atoms with Gasteiger partial charge in [0.1, 0.15) is 18.4 Å². The lowest BCUT2D eigenvalue weighted by molar-refractivity contribution is -0.140. The molecule has 0 saturated carbocycles. The number of carbonyl (C=O) groups is 2. The average molecular weight is 568 g/mol. The molecule has 0 aliphatic rings. The minimum Gasteiger partial charge on any atom is -0.352 e. The van der Waals surface area contributed by atoms with Crippen LogP contribution in [0.1, 0.15) is 43.9 Å². The molecule has 2 amide bonds. The molecule has 0 fully saturated rings. The molecule has 1 N–H and O–H groups in total. The van der Waals surface area contributed by atoms with Crippen molar-refractivity contribution in [2.24, 2.45) is 0 Å². The Morgan fingerprint density at radius 1 is 0.900 bits per heavy atom. The fourth-order valence-corrected chi connectivity index (χ4v) is 5.33. The summed E-state index contributed by atoms with van der Waals surface area (Å²) in [4.78, 5) is 29.1. The zero-order valence-electron chi connectivity index (χ0n) is 23.5. The lowest BCUT2D eigenvalue weighted by atomic mass is 10.0. The van der Waals surface area contributed by atoms with Crippen molar-refractivity contribution in [2.75, 3.05) is 17.1 Å². The van der Waals surface area contributed by atoms with Crippen LogP contribution in [0.5, 0.6) is 0 Å². The average Bonchev–Trinajstić information content (AvgIpc) is 2.94. The topological polar surface area (TPSA) is 86.8 Å². The first-order valence-electron chi connectivity index (χ1n) is 13.5. The van der Waals surface area contributed by atoms with Gasteiger partial charge in [-0.1, -0.05) is 80.6 Å². The minimum absolute atomic E-state index is 0.153. The Morgan fingerprint density at radius 2 is 1.50 bits per heavy atom. The maximum atomic E-state index is 14.8. The summed E-state index contributed by atoms with van der Waals surface area (Å²) in [5, 5.41) is 2.96. The molecule has 2 unspecified atom stereocenters. The molecular weight excluding hydrogens is 529 g/mol. The lowest BCUT2D eigenvalue weighted by Crippen LogP contribution is -2.54. The molecular formula is C31H38FN3O4S. The van der Waals surface area contributed by atoms with Crippen LogP contribution in [0, 0.1) is 5.82 Å². The maximum absolute atomic E-state index is 14.8. The highest BCUT2D eigenvalue weighted by Crippen LogP contribution is 2.25. The van der Waals surface area contributed by atoms with Crippen LogP contribution in [0.4, 0.5) is 10.1 Å². The summed E-state index contributed by atoms with van der Waals surface area (Å²) in [5.41, 5.74) is 2.20. The van der Waals surface area contributed by atoms with E-state index < -0.39 is 34.3 Å². The number of anilines is 1. The number of nitrogens with one attached hydrogen (secondary N) is 1. The highest BCUT2D eigenvalue weighted by atomic mass is 32.2. The van der Waals surface area contributed by atoms with E-state index in [2.05, 4.69) is 5.32 Å². The Balaban J connectivity index is 2.09. The van der Waals surface area contributed by atoms with E-state index in [1.807, 2.05) is 63.2 Å². The van der Waals surface area contributed by atoms with Gasteiger partial charge >= 0.3 is 0 Å². The van der Waals surface area contributed by atoms with E-state index in [0.717, 1.165) is 21.7 Å². The predicted molar refractivity (Wildman–Crippen MR) is 157 cm³/mol. The molecule has 0 bridgehead atoms. The normalized spacial score (nSPS) is 12.8. The van der Waals surface area contributed by atoms with Gasteiger partial charge in [0.25, 0.3) is 0 Å². The van der Waals surface area contributed by atoms with Crippen LogP contribution >= 0.6 is 0 Å². The van der Waals surface area contributed by atoms with Gasteiger partial charge in [-0.3, -0.25) is 13.9 Å². The molecule has 40 heavy (non-hydrogen) atoms. The van der Waals surface area contributed by atoms with E-state index in [1.165, 1.54) is 11.0 Å². The third kappa shape index (κ3) is 8.14. The molecule has 0 aromatic heterocycles. The summed E-state index contributed by atoms with van der Waals surface area (Å²) in [6, 6.07) is 21.2. The number of amides is 2. The maximum Gasteiger partial charge on any atom is 0.244 e. The predicted octanol–water partition coefficient (Wildman–Crippen LogP) is 4.71. The number of rotatable bonds is 13. The molecule has 0 spiro atoms. The molecule has 3 rings (SSSR count). The van der Waals surface area contributed by atoms with Crippen LogP contribution in [0.3, 0.4) is 0 Å². The summed E-state index contributed by atoms with van der Waals surface area (Å²) >= 11 is 0. The summed E-state index contributed by atoms with van der Waals surface area (Å²) in [6.45, 7) is 4.97. The molecule has 3 aromatic carbocycles. The first-order chi connectivity index (χ1) is 19.0. The van der Waals surface area contributed by atoms with E-state index >= 15 is 0 Å². The second kappa shape index (κ2) is 14.1. The molecule has 214 valence electrons. The van der Waals surface area contributed by atoms with E-state index in [4.69, 9.17) is 0 Å². The number of nitrogens with zero attached hydrogens (tertiary/aromatic N) is 2. The lowest BCUT2D eigenvalue weighted by Gasteiger charge is -2.34. The minimum atomic E-state index is -3.88. The molecule has 0 aliphatic heterocycles. The van der Waals surface area contributed by atoms with Crippen molar-refractivity contribution in [2.45, 2.75) is 58.7 Å². The number of halogens is 1. The number of hydrogen-bond acceptors (Lipinski definition) is 4. The van der Waals surface area contributed by atoms with Crippen LogP contribution in [0.2, 0.25) is 0 Å². The third-order valence-electron chi connectivity index (χ3n) is 6.89. The first kappa shape index (κ1) is 30.8. The van der Waals surface area contributed by atoms with Gasteiger partial charge < -0.3 is 10.2 Å². The van der Waals surface area contributed by atoms with E-state index in [9.17, 15) is 22.4 Å². The van der Waals surface area contributed by atoms with Gasteiger partial charge in [-0.05, 0) is 43.0 Å². The molecule has 9 heteroatoms. The smallest absolute Gasteiger partial charge is 0.244 e. The summed E-state index contributed by atoms with van der Waals surface area (Å²) in [6.07, 6.45) is 2.46. The van der Waals surface area contributed by atoms with E-state index in [1.54, 1.807) is 30.3 Å². The number of benzene rings is 3. The molecule has 3 aromatic rings. The molecule has 2 atom stereocenters. The first-order valence-corrected chi connectivity index (χ1v) is 15.3. The SMILES string of the molecule is CCc1ccccc1N(CC(=O)N(Cc1ccccc1F)C(Cc1ccccc1)C(=O)NC(C)CC)S(C)(=O)=O. The number of carbonyl (C=O) groups excluding carboxylic acids is 2. The summed E-state index contributed by atoms with van der Waals surface area (Å²) in [7, 11) is -3.88. The van der Waals surface area contributed by atoms with Crippen LogP contribution < -0.4 is 9.62 Å². The van der Waals surface area contributed by atoms with Gasteiger partial charge in [-0.25, -0.2) is 12.8 Å². The van der Waals surface area contributed by atoms with Crippen molar-refractivity contribution < 1.29 is 22.4 Å². The quantitative estimate of drug-likeness (QED) is 0.324. The Kier molecular flexibility index (Phi) is 10.8. The molecule has 0 aliphatic carbocycles. The molecule has 0 radical (unpaired) electrons. The number of hydrogen-bond donors (Lipinski definition) is 1.